The van der Waals surface area contributed by atoms with E-state index in [4.69, 9.17) is 0 Å². The Morgan fingerprint density at radius 1 is 1.12 bits per heavy atom. The first kappa shape index (κ1) is 29.4. The van der Waals surface area contributed by atoms with E-state index < -0.39 is 28.7 Å². The lowest BCUT2D eigenvalue weighted by Gasteiger charge is -2.39. The van der Waals surface area contributed by atoms with Gasteiger partial charge in [-0.25, -0.2) is 0 Å². The Morgan fingerprint density at radius 2 is 1.85 bits per heavy atom. The predicted molar refractivity (Wildman–Crippen MR) is 166 cm³/mol. The van der Waals surface area contributed by atoms with Crippen molar-refractivity contribution in [3.8, 4) is 0 Å². The van der Waals surface area contributed by atoms with Crippen LogP contribution in [0.1, 0.15) is 39.5 Å². The zero-order chi connectivity index (χ0) is 29.3. The Labute approximate surface area is 247 Å². The third kappa shape index (κ3) is 4.79. The highest BCUT2D eigenvalue weighted by molar-refractivity contribution is 8.02. The summed E-state index contributed by atoms with van der Waals surface area (Å²) in [5.41, 5.74) is 0.739. The van der Waals surface area contributed by atoms with Crippen LogP contribution in [0.25, 0.3) is 10.8 Å². The number of aliphatic hydroxyl groups excluding tert-OH is 1. The van der Waals surface area contributed by atoms with E-state index in [-0.39, 0.29) is 36.1 Å². The minimum absolute atomic E-state index is 0.0132. The molecule has 3 amide bonds. The fourth-order valence-corrected chi connectivity index (χ4v) is 9.52. The molecule has 3 saturated heterocycles. The lowest BCUT2D eigenvalue weighted by atomic mass is 9.70. The Bertz CT molecular complexity index is 1340. The predicted octanol–water partition coefficient (Wildman–Crippen LogP) is 4.65. The first-order chi connectivity index (χ1) is 19.9. The SMILES string of the molecule is C=CCN(CCC)C(=O)[C@@H]1[C@H]2C(=O)N([C@@H](CC)CO)C(C(=O)N(CC=C)c3ccc4ccccc4c3)C23CC[C@H]1S3. The highest BCUT2D eigenvalue weighted by Crippen LogP contribution is 2.67. The van der Waals surface area contributed by atoms with E-state index in [0.717, 1.165) is 29.3 Å². The van der Waals surface area contributed by atoms with Crippen molar-refractivity contribution in [3.63, 3.8) is 0 Å². The Morgan fingerprint density at radius 3 is 2.51 bits per heavy atom. The van der Waals surface area contributed by atoms with Gasteiger partial charge in [0.15, 0.2) is 0 Å². The fraction of sp³-hybridized carbons (Fsp3) is 0.485. The molecule has 218 valence electrons. The molecule has 2 aromatic carbocycles. The van der Waals surface area contributed by atoms with Crippen LogP contribution in [0.3, 0.4) is 0 Å². The van der Waals surface area contributed by atoms with Crippen molar-refractivity contribution >= 4 is 45.9 Å². The number of likely N-dealkylation sites (tertiary alicyclic amines) is 1. The Hall–Kier alpha value is -3.10. The summed E-state index contributed by atoms with van der Waals surface area (Å²) in [7, 11) is 0. The first-order valence-electron chi connectivity index (χ1n) is 14.8. The monoisotopic (exact) mass is 575 g/mol. The van der Waals surface area contributed by atoms with Gasteiger partial charge in [-0.05, 0) is 48.6 Å². The summed E-state index contributed by atoms with van der Waals surface area (Å²) in [6, 6.07) is 12.7. The molecule has 0 saturated carbocycles. The van der Waals surface area contributed by atoms with Gasteiger partial charge in [0.05, 0.1) is 29.2 Å². The molecule has 7 nitrogen and oxygen atoms in total. The minimum Gasteiger partial charge on any atom is -0.394 e. The highest BCUT2D eigenvalue weighted by Gasteiger charge is 2.74. The van der Waals surface area contributed by atoms with E-state index >= 15 is 0 Å². The summed E-state index contributed by atoms with van der Waals surface area (Å²) in [5, 5.41) is 12.5. The van der Waals surface area contributed by atoms with Crippen LogP contribution >= 0.6 is 11.8 Å². The lowest BCUT2D eigenvalue weighted by molar-refractivity contribution is -0.145. The maximum Gasteiger partial charge on any atom is 0.251 e. The second kappa shape index (κ2) is 12.0. The van der Waals surface area contributed by atoms with Crippen molar-refractivity contribution in [2.75, 3.05) is 31.1 Å². The van der Waals surface area contributed by atoms with E-state index in [0.29, 0.717) is 25.9 Å². The number of rotatable bonds is 12. The van der Waals surface area contributed by atoms with Crippen molar-refractivity contribution < 1.29 is 19.5 Å². The molecule has 41 heavy (non-hydrogen) atoms. The molecule has 2 unspecified atom stereocenters. The van der Waals surface area contributed by atoms with Crippen LogP contribution in [0.5, 0.6) is 0 Å². The van der Waals surface area contributed by atoms with Crippen LogP contribution in [-0.4, -0.2) is 80.9 Å². The van der Waals surface area contributed by atoms with Gasteiger partial charge >= 0.3 is 0 Å². The van der Waals surface area contributed by atoms with Crippen molar-refractivity contribution in [2.24, 2.45) is 11.8 Å². The quantitative estimate of drug-likeness (QED) is 0.373. The molecule has 0 aliphatic carbocycles. The molecule has 0 radical (unpaired) electrons. The number of hydrogen-bond donors (Lipinski definition) is 1. The normalized spacial score (nSPS) is 27.1. The molecule has 1 N–H and O–H groups in total. The van der Waals surface area contributed by atoms with Crippen LogP contribution in [0.2, 0.25) is 0 Å². The molecule has 3 fully saturated rings. The van der Waals surface area contributed by atoms with Gasteiger partial charge in [0.25, 0.3) is 5.91 Å². The molecule has 2 bridgehead atoms. The molecule has 6 atom stereocenters. The molecular weight excluding hydrogens is 534 g/mol. The smallest absolute Gasteiger partial charge is 0.251 e. The van der Waals surface area contributed by atoms with E-state index in [1.807, 2.05) is 61.2 Å². The van der Waals surface area contributed by atoms with Crippen LogP contribution < -0.4 is 4.90 Å². The summed E-state index contributed by atoms with van der Waals surface area (Å²) < 4.78 is -0.718. The number of anilines is 1. The Balaban J connectivity index is 1.59. The third-order valence-corrected chi connectivity index (χ3v) is 11.1. The summed E-state index contributed by atoms with van der Waals surface area (Å²) in [6.45, 7) is 12.8. The van der Waals surface area contributed by atoms with Gasteiger partial charge in [-0.2, -0.15) is 0 Å². The van der Waals surface area contributed by atoms with E-state index in [1.165, 1.54) is 0 Å². The maximum atomic E-state index is 14.8. The van der Waals surface area contributed by atoms with Crippen molar-refractivity contribution in [2.45, 2.75) is 61.6 Å². The number of fused-ring (bicyclic) bond motifs is 2. The number of amides is 3. The summed E-state index contributed by atoms with van der Waals surface area (Å²) in [5.74, 6) is -1.46. The first-order valence-corrected chi connectivity index (χ1v) is 15.7. The van der Waals surface area contributed by atoms with E-state index in [1.54, 1.807) is 33.7 Å². The molecule has 3 heterocycles. The van der Waals surface area contributed by atoms with Crippen LogP contribution in [-0.2, 0) is 14.4 Å². The number of aliphatic hydroxyl groups is 1. The molecular formula is C33H41N3O4S. The average molecular weight is 576 g/mol. The Kier molecular flexibility index (Phi) is 8.62. The van der Waals surface area contributed by atoms with Gasteiger partial charge < -0.3 is 19.8 Å². The van der Waals surface area contributed by atoms with Gasteiger partial charge in [0.2, 0.25) is 11.8 Å². The molecule has 1 spiro atoms. The molecule has 5 rings (SSSR count). The zero-order valence-electron chi connectivity index (χ0n) is 24.1. The summed E-state index contributed by atoms with van der Waals surface area (Å²) in [6.07, 6.45) is 6.23. The highest BCUT2D eigenvalue weighted by atomic mass is 32.2. The van der Waals surface area contributed by atoms with Crippen molar-refractivity contribution in [3.05, 3.63) is 67.8 Å². The maximum absolute atomic E-state index is 14.8. The molecule has 3 aliphatic heterocycles. The van der Waals surface area contributed by atoms with Crippen molar-refractivity contribution in [1.29, 1.82) is 0 Å². The number of hydrogen-bond acceptors (Lipinski definition) is 5. The lowest BCUT2D eigenvalue weighted by Crippen LogP contribution is -2.57. The minimum atomic E-state index is -0.782. The van der Waals surface area contributed by atoms with Crippen LogP contribution in [0.4, 0.5) is 5.69 Å². The van der Waals surface area contributed by atoms with Crippen LogP contribution in [0.15, 0.2) is 67.8 Å². The van der Waals surface area contributed by atoms with Gasteiger partial charge in [-0.3, -0.25) is 14.4 Å². The second-order valence-electron chi connectivity index (χ2n) is 11.4. The number of carbonyl (C=O) groups is 3. The number of thioether (sulfide) groups is 1. The number of carbonyl (C=O) groups excluding carboxylic acids is 3. The molecule has 2 aromatic rings. The summed E-state index contributed by atoms with van der Waals surface area (Å²) >= 11 is 1.66. The van der Waals surface area contributed by atoms with Crippen LogP contribution in [0, 0.1) is 11.8 Å². The molecule has 3 aliphatic rings. The largest absolute Gasteiger partial charge is 0.394 e. The van der Waals surface area contributed by atoms with Gasteiger partial charge in [0, 0.05) is 30.6 Å². The van der Waals surface area contributed by atoms with Gasteiger partial charge in [-0.1, -0.05) is 56.3 Å². The molecule has 0 aromatic heterocycles. The van der Waals surface area contributed by atoms with E-state index in [2.05, 4.69) is 13.2 Å². The number of benzene rings is 2. The van der Waals surface area contributed by atoms with E-state index in [9.17, 15) is 19.5 Å². The van der Waals surface area contributed by atoms with Gasteiger partial charge in [-0.15, -0.1) is 24.9 Å². The van der Waals surface area contributed by atoms with Crippen molar-refractivity contribution in [1.82, 2.24) is 9.80 Å². The summed E-state index contributed by atoms with van der Waals surface area (Å²) in [4.78, 5) is 48.4. The van der Waals surface area contributed by atoms with Gasteiger partial charge in [0.1, 0.15) is 6.04 Å². The zero-order valence-corrected chi connectivity index (χ0v) is 24.9. The topological polar surface area (TPSA) is 81.2 Å². The average Bonchev–Trinajstić information content (AvgIpc) is 3.63. The molecule has 8 heteroatoms. The standard InChI is InChI=1S/C33H41N3O4S/c1-5-17-34(18-6-2)30(38)27-26-15-16-33(41-26)28(27)31(39)36(24(8-4)21-37)29(33)32(40)35(19-7-3)25-14-13-22-11-9-10-12-23(22)20-25/h5,7,9-14,20,24,26-29,37H,1,3,6,8,15-19,21H2,2,4H3/t24-,26+,27-,28-,29?,33?/m0/s1. The third-order valence-electron chi connectivity index (χ3n) is 9.11. The fourth-order valence-electron chi connectivity index (χ4n) is 7.33. The second-order valence-corrected chi connectivity index (χ2v) is 13.0. The number of nitrogens with zero attached hydrogens (tertiary/aromatic N) is 3.